The molecule has 32 heavy (non-hydrogen) atoms. The molecular formula is C24H29Cl2FN2O2S. The Morgan fingerprint density at radius 3 is 2.34 bits per heavy atom. The van der Waals surface area contributed by atoms with Gasteiger partial charge in [-0.25, -0.2) is 4.39 Å². The fraction of sp³-hybridized carbons (Fsp3) is 0.417. The summed E-state index contributed by atoms with van der Waals surface area (Å²) in [5.74, 6) is -0.446. The van der Waals surface area contributed by atoms with Crippen LogP contribution in [0.25, 0.3) is 0 Å². The zero-order valence-electron chi connectivity index (χ0n) is 18.8. The molecule has 174 valence electrons. The van der Waals surface area contributed by atoms with Crippen molar-refractivity contribution >= 4 is 46.8 Å². The molecular weight excluding hydrogens is 470 g/mol. The zero-order valence-corrected chi connectivity index (χ0v) is 21.1. The quantitative estimate of drug-likeness (QED) is 0.455. The minimum atomic E-state index is -0.630. The molecule has 0 aromatic heterocycles. The molecule has 2 rings (SSSR count). The molecule has 0 bridgehead atoms. The van der Waals surface area contributed by atoms with Gasteiger partial charge in [-0.15, -0.1) is 11.8 Å². The van der Waals surface area contributed by atoms with E-state index in [9.17, 15) is 14.0 Å². The molecule has 0 radical (unpaired) electrons. The van der Waals surface area contributed by atoms with Gasteiger partial charge in [-0.05, 0) is 57.0 Å². The molecule has 2 amide bonds. The van der Waals surface area contributed by atoms with Gasteiger partial charge in [0.15, 0.2) is 0 Å². The summed E-state index contributed by atoms with van der Waals surface area (Å²) in [6, 6.07) is 11.1. The molecule has 0 aliphatic carbocycles. The average molecular weight is 499 g/mol. The molecule has 1 N–H and O–H groups in total. The molecule has 8 heteroatoms. The highest BCUT2D eigenvalue weighted by molar-refractivity contribution is 7.99. The van der Waals surface area contributed by atoms with Crippen molar-refractivity contribution in [1.82, 2.24) is 10.2 Å². The fourth-order valence-electron chi connectivity index (χ4n) is 3.15. The van der Waals surface area contributed by atoms with E-state index < -0.39 is 17.4 Å². The molecule has 2 aromatic carbocycles. The molecule has 0 fully saturated rings. The van der Waals surface area contributed by atoms with Gasteiger partial charge in [-0.3, -0.25) is 9.59 Å². The van der Waals surface area contributed by atoms with Crippen LogP contribution in [-0.4, -0.2) is 34.0 Å². The van der Waals surface area contributed by atoms with Crippen LogP contribution in [0.15, 0.2) is 42.5 Å². The Balaban J connectivity index is 2.18. The summed E-state index contributed by atoms with van der Waals surface area (Å²) in [6.45, 7) is 7.85. The highest BCUT2D eigenvalue weighted by Crippen LogP contribution is 2.25. The number of halogens is 3. The summed E-state index contributed by atoms with van der Waals surface area (Å²) in [4.78, 5) is 27.8. The van der Waals surface area contributed by atoms with E-state index in [1.165, 1.54) is 17.8 Å². The van der Waals surface area contributed by atoms with Crippen molar-refractivity contribution in [3.8, 4) is 0 Å². The van der Waals surface area contributed by atoms with E-state index >= 15 is 0 Å². The van der Waals surface area contributed by atoms with E-state index in [1.54, 1.807) is 29.2 Å². The maximum atomic E-state index is 14.0. The van der Waals surface area contributed by atoms with Gasteiger partial charge in [0, 0.05) is 33.4 Å². The minimum Gasteiger partial charge on any atom is -0.350 e. The van der Waals surface area contributed by atoms with Gasteiger partial charge in [0.2, 0.25) is 11.8 Å². The first-order chi connectivity index (χ1) is 15.0. The second-order valence-electron chi connectivity index (χ2n) is 8.50. The molecule has 0 aliphatic heterocycles. The Labute approximate surface area is 203 Å². The molecule has 0 saturated heterocycles. The number of carbonyl (C=O) groups is 2. The molecule has 4 nitrogen and oxygen atoms in total. The number of amides is 2. The summed E-state index contributed by atoms with van der Waals surface area (Å²) in [7, 11) is 0. The van der Waals surface area contributed by atoms with Crippen LogP contribution in [0.1, 0.15) is 45.2 Å². The van der Waals surface area contributed by atoms with Gasteiger partial charge >= 0.3 is 0 Å². The second-order valence-corrected chi connectivity index (χ2v) is 10.3. The maximum absolute atomic E-state index is 14.0. The SMILES string of the molecule is CC[C@@H](C(=O)NC(C)(C)C)N(Cc1ccc(Cl)cc1)C(=O)CSCc1c(F)cccc1Cl. The van der Waals surface area contributed by atoms with Crippen LogP contribution in [0.5, 0.6) is 0 Å². The largest absolute Gasteiger partial charge is 0.350 e. The van der Waals surface area contributed by atoms with Crippen LogP contribution in [-0.2, 0) is 21.9 Å². The summed E-state index contributed by atoms with van der Waals surface area (Å²) in [6.07, 6.45) is 0.463. The summed E-state index contributed by atoms with van der Waals surface area (Å²) >= 11 is 13.3. The predicted octanol–water partition coefficient (Wildman–Crippen LogP) is 6.09. The van der Waals surface area contributed by atoms with Crippen LogP contribution < -0.4 is 5.32 Å². The Hall–Kier alpha value is -1.76. The topological polar surface area (TPSA) is 49.4 Å². The van der Waals surface area contributed by atoms with E-state index in [0.717, 1.165) is 5.56 Å². The molecule has 0 unspecified atom stereocenters. The lowest BCUT2D eigenvalue weighted by Crippen LogP contribution is -2.53. The Morgan fingerprint density at radius 1 is 1.12 bits per heavy atom. The van der Waals surface area contributed by atoms with Crippen molar-refractivity contribution in [1.29, 1.82) is 0 Å². The van der Waals surface area contributed by atoms with Crippen LogP contribution >= 0.6 is 35.0 Å². The number of thioether (sulfide) groups is 1. The molecule has 0 aliphatic rings. The Bertz CT molecular complexity index is 912. The van der Waals surface area contributed by atoms with E-state index in [2.05, 4.69) is 5.32 Å². The summed E-state index contributed by atoms with van der Waals surface area (Å²) in [5, 5.41) is 3.90. The Kier molecular flexibility index (Phi) is 9.86. The van der Waals surface area contributed by atoms with Gasteiger partial charge in [0.1, 0.15) is 11.9 Å². The lowest BCUT2D eigenvalue weighted by molar-refractivity contribution is -0.140. The van der Waals surface area contributed by atoms with Gasteiger partial charge < -0.3 is 10.2 Å². The van der Waals surface area contributed by atoms with Gasteiger partial charge in [0.25, 0.3) is 0 Å². The highest BCUT2D eigenvalue weighted by Gasteiger charge is 2.30. The van der Waals surface area contributed by atoms with Crippen LogP contribution in [0, 0.1) is 5.82 Å². The summed E-state index contributed by atoms with van der Waals surface area (Å²) in [5.41, 5.74) is 0.816. The van der Waals surface area contributed by atoms with Gasteiger partial charge in [0.05, 0.1) is 5.75 Å². The first-order valence-electron chi connectivity index (χ1n) is 10.4. The van der Waals surface area contributed by atoms with Crippen molar-refractivity contribution < 1.29 is 14.0 Å². The molecule has 0 spiro atoms. The third-order valence-corrected chi connectivity index (χ3v) is 6.23. The van der Waals surface area contributed by atoms with Crippen LogP contribution in [0.4, 0.5) is 4.39 Å². The lowest BCUT2D eigenvalue weighted by Gasteiger charge is -2.33. The maximum Gasteiger partial charge on any atom is 0.243 e. The van der Waals surface area contributed by atoms with Crippen molar-refractivity contribution in [3.05, 3.63) is 69.5 Å². The smallest absolute Gasteiger partial charge is 0.243 e. The number of nitrogens with one attached hydrogen (secondary N) is 1. The number of benzene rings is 2. The van der Waals surface area contributed by atoms with Crippen molar-refractivity contribution in [2.24, 2.45) is 0 Å². The number of rotatable bonds is 9. The fourth-order valence-corrected chi connectivity index (χ4v) is 4.53. The van der Waals surface area contributed by atoms with E-state index in [-0.39, 0.29) is 29.9 Å². The number of nitrogens with zero attached hydrogens (tertiary/aromatic N) is 1. The number of carbonyl (C=O) groups excluding carboxylic acids is 2. The molecule has 2 aromatic rings. The van der Waals surface area contributed by atoms with E-state index in [1.807, 2.05) is 39.8 Å². The second kappa shape index (κ2) is 11.9. The minimum absolute atomic E-state index is 0.0948. The third-order valence-electron chi connectivity index (χ3n) is 4.68. The predicted molar refractivity (Wildman–Crippen MR) is 132 cm³/mol. The highest BCUT2D eigenvalue weighted by atomic mass is 35.5. The van der Waals surface area contributed by atoms with Crippen LogP contribution in [0.3, 0.4) is 0 Å². The summed E-state index contributed by atoms with van der Waals surface area (Å²) < 4.78 is 14.0. The Morgan fingerprint density at radius 2 is 1.78 bits per heavy atom. The molecule has 0 saturated carbocycles. The van der Waals surface area contributed by atoms with Gasteiger partial charge in [-0.1, -0.05) is 48.3 Å². The van der Waals surface area contributed by atoms with Crippen molar-refractivity contribution in [3.63, 3.8) is 0 Å². The zero-order chi connectivity index (χ0) is 23.9. The average Bonchev–Trinajstić information content (AvgIpc) is 2.70. The monoisotopic (exact) mass is 498 g/mol. The van der Waals surface area contributed by atoms with E-state index in [0.29, 0.717) is 22.0 Å². The van der Waals surface area contributed by atoms with Crippen LogP contribution in [0.2, 0.25) is 10.0 Å². The lowest BCUT2D eigenvalue weighted by atomic mass is 10.1. The number of hydrogen-bond donors (Lipinski definition) is 1. The van der Waals surface area contributed by atoms with Crippen molar-refractivity contribution in [2.45, 2.75) is 58.0 Å². The normalized spacial score (nSPS) is 12.3. The third kappa shape index (κ3) is 7.98. The molecule has 0 heterocycles. The van der Waals surface area contributed by atoms with Gasteiger partial charge in [-0.2, -0.15) is 0 Å². The first-order valence-corrected chi connectivity index (χ1v) is 12.3. The standard InChI is InChI=1S/C24H29Cl2FN2O2S/c1-5-21(23(31)28-24(2,3)4)29(13-16-9-11-17(25)12-10-16)22(30)15-32-14-18-19(26)7-6-8-20(18)27/h6-12,21H,5,13-15H2,1-4H3,(H,28,31)/t21-/m0/s1. The first kappa shape index (κ1) is 26.5. The molecule has 1 atom stereocenters. The number of hydrogen-bond acceptors (Lipinski definition) is 3. The van der Waals surface area contributed by atoms with Crippen molar-refractivity contribution in [2.75, 3.05) is 5.75 Å². The van der Waals surface area contributed by atoms with E-state index in [4.69, 9.17) is 23.2 Å².